The van der Waals surface area contributed by atoms with Crippen molar-refractivity contribution in [1.29, 1.82) is 0 Å². The molecule has 2 rings (SSSR count). The van der Waals surface area contributed by atoms with Crippen molar-refractivity contribution in [2.75, 3.05) is 6.54 Å². The Morgan fingerprint density at radius 1 is 0.810 bits per heavy atom. The van der Waals surface area contributed by atoms with Crippen molar-refractivity contribution >= 4 is 0 Å². The quantitative estimate of drug-likeness (QED) is 0.765. The largest absolute Gasteiger partial charge is 0.313 e. The summed E-state index contributed by atoms with van der Waals surface area (Å²) in [5.74, 6) is 1.12. The maximum Gasteiger partial charge on any atom is 0.0240 e. The molecule has 2 aromatic carbocycles. The van der Waals surface area contributed by atoms with Crippen LogP contribution in [0.2, 0.25) is 0 Å². The van der Waals surface area contributed by atoms with E-state index in [1.54, 1.807) is 0 Å². The molecule has 1 N–H and O–H groups in total. The third-order valence-corrected chi connectivity index (χ3v) is 4.30. The van der Waals surface area contributed by atoms with Gasteiger partial charge in [-0.05, 0) is 30.5 Å². The molecule has 0 saturated carbocycles. The van der Waals surface area contributed by atoms with Crippen LogP contribution in [0.5, 0.6) is 0 Å². The molecule has 0 aliphatic carbocycles. The van der Waals surface area contributed by atoms with Gasteiger partial charge in [-0.3, -0.25) is 0 Å². The van der Waals surface area contributed by atoms with Gasteiger partial charge in [0.05, 0.1) is 0 Å². The smallest absolute Gasteiger partial charge is 0.0240 e. The molecule has 1 nitrogen and oxygen atoms in total. The molecule has 0 saturated heterocycles. The Labute approximate surface area is 129 Å². The minimum atomic E-state index is 0.399. The summed E-state index contributed by atoms with van der Waals surface area (Å²) in [5.41, 5.74) is 2.76. The predicted octanol–water partition coefficient (Wildman–Crippen LogP) is 4.84. The summed E-state index contributed by atoms with van der Waals surface area (Å²) in [4.78, 5) is 0. The van der Waals surface area contributed by atoms with Crippen LogP contribution in [0.4, 0.5) is 0 Å². The highest BCUT2D eigenvalue weighted by atomic mass is 14.9. The van der Waals surface area contributed by atoms with Gasteiger partial charge in [-0.1, -0.05) is 80.9 Å². The lowest BCUT2D eigenvalue weighted by Crippen LogP contribution is -2.35. The van der Waals surface area contributed by atoms with E-state index in [4.69, 9.17) is 0 Å². The van der Waals surface area contributed by atoms with Gasteiger partial charge in [0.2, 0.25) is 0 Å². The molecular formula is C20H27N. The van der Waals surface area contributed by atoms with Crippen LogP contribution in [0.3, 0.4) is 0 Å². The summed E-state index contributed by atoms with van der Waals surface area (Å²) in [7, 11) is 0. The van der Waals surface area contributed by atoms with Crippen LogP contribution in [0, 0.1) is 5.92 Å². The second kappa shape index (κ2) is 7.99. The van der Waals surface area contributed by atoms with E-state index in [9.17, 15) is 0 Å². The van der Waals surface area contributed by atoms with E-state index in [-0.39, 0.29) is 0 Å². The molecule has 0 aromatic heterocycles. The van der Waals surface area contributed by atoms with E-state index >= 15 is 0 Å². The van der Waals surface area contributed by atoms with E-state index in [1.807, 2.05) is 0 Å². The number of hydrogen-bond donors (Lipinski definition) is 1. The normalized spacial score (nSPS) is 14.1. The third-order valence-electron chi connectivity index (χ3n) is 4.30. The maximum atomic E-state index is 3.73. The molecule has 0 aliphatic rings. The van der Waals surface area contributed by atoms with Crippen molar-refractivity contribution < 1.29 is 0 Å². The topological polar surface area (TPSA) is 12.0 Å². The average Bonchev–Trinajstić information content (AvgIpc) is 2.55. The first kappa shape index (κ1) is 15.8. The third kappa shape index (κ3) is 4.44. The zero-order valence-corrected chi connectivity index (χ0v) is 13.4. The molecule has 0 aliphatic heterocycles. The van der Waals surface area contributed by atoms with Gasteiger partial charge in [0.15, 0.2) is 0 Å². The van der Waals surface area contributed by atoms with Crippen LogP contribution in [0.1, 0.15) is 44.2 Å². The molecule has 0 radical (unpaired) electrons. The highest BCUT2D eigenvalue weighted by molar-refractivity contribution is 5.34. The summed E-state index contributed by atoms with van der Waals surface area (Å²) < 4.78 is 0. The lowest BCUT2D eigenvalue weighted by atomic mass is 9.85. The Bertz CT molecular complexity index is 466. The van der Waals surface area contributed by atoms with Gasteiger partial charge < -0.3 is 5.32 Å². The molecule has 112 valence electrons. The lowest BCUT2D eigenvalue weighted by molar-refractivity contribution is 0.430. The van der Waals surface area contributed by atoms with E-state index in [0.29, 0.717) is 12.0 Å². The van der Waals surface area contributed by atoms with E-state index < -0.39 is 0 Å². The van der Waals surface area contributed by atoms with Gasteiger partial charge in [0, 0.05) is 12.0 Å². The average molecular weight is 281 g/mol. The van der Waals surface area contributed by atoms with Crippen LogP contribution in [0.25, 0.3) is 0 Å². The van der Waals surface area contributed by atoms with E-state index in [0.717, 1.165) is 12.5 Å². The Morgan fingerprint density at radius 2 is 1.29 bits per heavy atom. The Balaban J connectivity index is 2.20. The van der Waals surface area contributed by atoms with Gasteiger partial charge in [0.25, 0.3) is 0 Å². The molecule has 0 fully saturated rings. The molecular weight excluding hydrogens is 254 g/mol. The monoisotopic (exact) mass is 281 g/mol. The Morgan fingerprint density at radius 3 is 1.71 bits per heavy atom. The molecule has 21 heavy (non-hydrogen) atoms. The van der Waals surface area contributed by atoms with E-state index in [2.05, 4.69) is 86.8 Å². The first-order valence-electron chi connectivity index (χ1n) is 8.05. The van der Waals surface area contributed by atoms with Gasteiger partial charge >= 0.3 is 0 Å². The number of nitrogens with one attached hydrogen (secondary N) is 1. The Hall–Kier alpha value is -1.60. The van der Waals surface area contributed by atoms with Gasteiger partial charge in [-0.2, -0.15) is 0 Å². The zero-order valence-electron chi connectivity index (χ0n) is 13.4. The summed E-state index contributed by atoms with van der Waals surface area (Å²) in [6, 6.07) is 22.1. The molecule has 1 heteroatoms. The first-order valence-corrected chi connectivity index (χ1v) is 8.05. The van der Waals surface area contributed by atoms with Gasteiger partial charge in [-0.15, -0.1) is 0 Å². The van der Waals surface area contributed by atoms with Crippen LogP contribution in [0.15, 0.2) is 60.7 Å². The minimum absolute atomic E-state index is 0.399. The second-order valence-electron chi connectivity index (χ2n) is 6.01. The fourth-order valence-electron chi connectivity index (χ4n) is 2.74. The Kier molecular flexibility index (Phi) is 6.01. The summed E-state index contributed by atoms with van der Waals surface area (Å²) in [6.07, 6.45) is 1.22. The lowest BCUT2D eigenvalue weighted by Gasteiger charge is -2.27. The first-order chi connectivity index (χ1) is 10.2. The molecule has 2 aromatic rings. The number of hydrogen-bond acceptors (Lipinski definition) is 1. The van der Waals surface area contributed by atoms with Crippen LogP contribution in [-0.4, -0.2) is 12.6 Å². The SMILES string of the molecule is CCC(C)CNC(C)C(c1ccccc1)c1ccccc1. The molecule has 2 unspecified atom stereocenters. The standard InChI is InChI=1S/C20H27N/c1-4-16(2)15-21-17(3)20(18-11-7-5-8-12-18)19-13-9-6-10-14-19/h5-14,16-17,20-21H,4,15H2,1-3H3. The van der Waals surface area contributed by atoms with Gasteiger partial charge in [-0.25, -0.2) is 0 Å². The van der Waals surface area contributed by atoms with Crippen molar-refractivity contribution in [3.63, 3.8) is 0 Å². The fourth-order valence-corrected chi connectivity index (χ4v) is 2.74. The van der Waals surface area contributed by atoms with Gasteiger partial charge in [0.1, 0.15) is 0 Å². The minimum Gasteiger partial charge on any atom is -0.313 e. The zero-order chi connectivity index (χ0) is 15.1. The van der Waals surface area contributed by atoms with Crippen LogP contribution in [-0.2, 0) is 0 Å². The van der Waals surface area contributed by atoms with Crippen LogP contribution < -0.4 is 5.32 Å². The van der Waals surface area contributed by atoms with Crippen molar-refractivity contribution in [2.24, 2.45) is 5.92 Å². The fraction of sp³-hybridized carbons (Fsp3) is 0.400. The van der Waals surface area contributed by atoms with Crippen molar-refractivity contribution in [2.45, 2.75) is 39.2 Å². The molecule has 0 bridgehead atoms. The summed E-state index contributed by atoms with van der Waals surface area (Å²) >= 11 is 0. The second-order valence-corrected chi connectivity index (χ2v) is 6.01. The predicted molar refractivity (Wildman–Crippen MR) is 91.6 cm³/mol. The molecule has 0 amide bonds. The summed E-state index contributed by atoms with van der Waals surface area (Å²) in [5, 5.41) is 3.73. The molecule has 0 spiro atoms. The highest BCUT2D eigenvalue weighted by Crippen LogP contribution is 2.28. The summed E-state index contributed by atoms with van der Waals surface area (Å²) in [6.45, 7) is 7.93. The molecule has 2 atom stereocenters. The van der Waals surface area contributed by atoms with Crippen molar-refractivity contribution in [1.82, 2.24) is 5.32 Å². The van der Waals surface area contributed by atoms with Crippen molar-refractivity contribution in [3.8, 4) is 0 Å². The number of benzene rings is 2. The highest BCUT2D eigenvalue weighted by Gasteiger charge is 2.21. The maximum absolute atomic E-state index is 3.73. The van der Waals surface area contributed by atoms with Crippen LogP contribution >= 0.6 is 0 Å². The van der Waals surface area contributed by atoms with Crippen molar-refractivity contribution in [3.05, 3.63) is 71.8 Å². The molecule has 0 heterocycles. The number of rotatable bonds is 7. The van der Waals surface area contributed by atoms with E-state index in [1.165, 1.54) is 17.5 Å².